The number of allylic oxidation sites excluding steroid dienone is 4. The van der Waals surface area contributed by atoms with Gasteiger partial charge in [-0.2, -0.15) is 0 Å². The summed E-state index contributed by atoms with van der Waals surface area (Å²) in [5, 5.41) is 4.65. The summed E-state index contributed by atoms with van der Waals surface area (Å²) in [6.45, 7) is 0. The van der Waals surface area contributed by atoms with Crippen molar-refractivity contribution in [2.45, 2.75) is 11.8 Å². The first kappa shape index (κ1) is 19.3. The number of nitrogens with zero attached hydrogens (tertiary/aromatic N) is 1. The predicted molar refractivity (Wildman–Crippen MR) is 144 cm³/mol. The molecule has 4 heteroatoms. The lowest BCUT2D eigenvalue weighted by Crippen LogP contribution is -2.14. The standard InChI is InChI=1S/C31H19FN2S/c32-19-9-10-26-24(15-19)28-22-5-1-2-6-23(22)29-25-14-17(8-11-27(25)35-31(29)30(28)34-26)20-7-3-4-18-16-33-13-12-21(18)20/h1-16,22-23,34H. The van der Waals surface area contributed by atoms with Gasteiger partial charge < -0.3 is 4.98 Å². The Labute approximate surface area is 205 Å². The van der Waals surface area contributed by atoms with E-state index in [1.165, 1.54) is 48.7 Å². The molecule has 3 aromatic carbocycles. The molecule has 8 rings (SSSR count). The summed E-state index contributed by atoms with van der Waals surface area (Å²) in [7, 11) is 0. The van der Waals surface area contributed by atoms with Crippen LogP contribution >= 0.6 is 11.3 Å². The molecule has 0 bridgehead atoms. The molecule has 2 aliphatic carbocycles. The average Bonchev–Trinajstić information content (AvgIpc) is 3.47. The molecule has 3 aromatic heterocycles. The van der Waals surface area contributed by atoms with Crippen LogP contribution in [0, 0.1) is 5.82 Å². The van der Waals surface area contributed by atoms with E-state index in [1.807, 2.05) is 29.8 Å². The maximum atomic E-state index is 14.2. The zero-order valence-electron chi connectivity index (χ0n) is 18.6. The molecule has 166 valence electrons. The molecule has 2 aliphatic rings. The first-order valence-electron chi connectivity index (χ1n) is 11.8. The van der Waals surface area contributed by atoms with Gasteiger partial charge in [0.2, 0.25) is 0 Å². The van der Waals surface area contributed by atoms with E-state index in [9.17, 15) is 4.39 Å². The highest BCUT2D eigenvalue weighted by Gasteiger charge is 2.37. The maximum Gasteiger partial charge on any atom is 0.123 e. The zero-order chi connectivity index (χ0) is 23.1. The minimum atomic E-state index is -0.191. The summed E-state index contributed by atoms with van der Waals surface area (Å²) in [6.07, 6.45) is 12.6. The molecular formula is C31H19FN2S. The highest BCUT2D eigenvalue weighted by molar-refractivity contribution is 7.22. The molecule has 2 unspecified atom stereocenters. The van der Waals surface area contributed by atoms with Crippen LogP contribution in [0.5, 0.6) is 0 Å². The molecule has 0 aliphatic heterocycles. The van der Waals surface area contributed by atoms with Crippen LogP contribution in [0.3, 0.4) is 0 Å². The molecule has 0 saturated heterocycles. The molecule has 3 heterocycles. The molecule has 6 aromatic rings. The van der Waals surface area contributed by atoms with Crippen LogP contribution in [-0.4, -0.2) is 9.97 Å². The van der Waals surface area contributed by atoms with E-state index in [-0.39, 0.29) is 17.7 Å². The van der Waals surface area contributed by atoms with Crippen LogP contribution in [0.2, 0.25) is 0 Å². The Bertz CT molecular complexity index is 1880. The third-order valence-electron chi connectivity index (χ3n) is 7.55. The number of rotatable bonds is 1. The normalized spacial score (nSPS) is 18.2. The SMILES string of the molecule is Fc1ccc2[nH]c3c(c2c1)C1C=CC=CC1c1c-3sc2ccc(-c3cccc4cnccc34)cc12. The first-order chi connectivity index (χ1) is 17.3. The van der Waals surface area contributed by atoms with E-state index in [4.69, 9.17) is 0 Å². The monoisotopic (exact) mass is 470 g/mol. The van der Waals surface area contributed by atoms with Gasteiger partial charge in [-0.1, -0.05) is 48.6 Å². The second kappa shape index (κ2) is 7.00. The van der Waals surface area contributed by atoms with Gasteiger partial charge in [-0.05, 0) is 69.4 Å². The quantitative estimate of drug-likeness (QED) is 0.256. The van der Waals surface area contributed by atoms with Crippen molar-refractivity contribution in [2.75, 3.05) is 0 Å². The fourth-order valence-electron chi connectivity index (χ4n) is 6.04. The van der Waals surface area contributed by atoms with E-state index in [0.717, 1.165) is 22.0 Å². The Hall–Kier alpha value is -4.02. The molecule has 0 radical (unpaired) electrons. The van der Waals surface area contributed by atoms with Crippen molar-refractivity contribution in [2.24, 2.45) is 0 Å². The van der Waals surface area contributed by atoms with Crippen molar-refractivity contribution >= 4 is 43.1 Å². The summed E-state index contributed by atoms with van der Waals surface area (Å²) in [6, 6.07) is 20.4. The number of aromatic nitrogens is 2. The molecule has 1 N–H and O–H groups in total. The largest absolute Gasteiger partial charge is 0.354 e. The maximum absolute atomic E-state index is 14.2. The Kier molecular flexibility index (Phi) is 3.86. The molecule has 0 spiro atoms. The van der Waals surface area contributed by atoms with Gasteiger partial charge in [0.1, 0.15) is 5.82 Å². The lowest BCUT2D eigenvalue weighted by Gasteiger charge is -2.30. The fourth-order valence-corrected chi connectivity index (χ4v) is 7.30. The van der Waals surface area contributed by atoms with Gasteiger partial charge in [0, 0.05) is 45.2 Å². The Morgan fingerprint density at radius 3 is 2.63 bits per heavy atom. The van der Waals surface area contributed by atoms with Gasteiger partial charge in [0.05, 0.1) is 10.6 Å². The summed E-state index contributed by atoms with van der Waals surface area (Å²) >= 11 is 1.83. The molecule has 35 heavy (non-hydrogen) atoms. The average molecular weight is 471 g/mol. The number of benzene rings is 3. The highest BCUT2D eigenvalue weighted by Crippen LogP contribution is 2.56. The van der Waals surface area contributed by atoms with Crippen molar-refractivity contribution in [3.8, 4) is 21.7 Å². The molecular weight excluding hydrogens is 451 g/mol. The minimum absolute atomic E-state index is 0.183. The predicted octanol–water partition coefficient (Wildman–Crippen LogP) is 8.71. The van der Waals surface area contributed by atoms with Crippen molar-refractivity contribution in [3.63, 3.8) is 0 Å². The third-order valence-corrected chi connectivity index (χ3v) is 8.75. The number of aromatic amines is 1. The number of nitrogens with one attached hydrogen (secondary N) is 1. The lowest BCUT2D eigenvalue weighted by atomic mass is 9.73. The smallest absolute Gasteiger partial charge is 0.123 e. The molecule has 0 amide bonds. The Morgan fingerprint density at radius 1 is 0.829 bits per heavy atom. The van der Waals surface area contributed by atoms with Gasteiger partial charge in [-0.3, -0.25) is 4.98 Å². The molecule has 0 fully saturated rings. The summed E-state index contributed by atoms with van der Waals surface area (Å²) in [5.74, 6) is 0.219. The highest BCUT2D eigenvalue weighted by atomic mass is 32.1. The van der Waals surface area contributed by atoms with Crippen LogP contribution in [0.1, 0.15) is 23.0 Å². The summed E-state index contributed by atoms with van der Waals surface area (Å²) in [5.41, 5.74) is 7.16. The minimum Gasteiger partial charge on any atom is -0.354 e. The fraction of sp³-hybridized carbons (Fsp3) is 0.0645. The van der Waals surface area contributed by atoms with Crippen LogP contribution in [0.25, 0.3) is 53.5 Å². The Balaban J connectivity index is 1.42. The van der Waals surface area contributed by atoms with Crippen molar-refractivity contribution in [1.29, 1.82) is 0 Å². The molecule has 0 saturated carbocycles. The number of pyridine rings is 1. The molecule has 2 nitrogen and oxygen atoms in total. The van der Waals surface area contributed by atoms with E-state index in [1.54, 1.807) is 6.07 Å². The number of hydrogen-bond donors (Lipinski definition) is 1. The van der Waals surface area contributed by atoms with E-state index >= 15 is 0 Å². The van der Waals surface area contributed by atoms with Crippen molar-refractivity contribution in [1.82, 2.24) is 9.97 Å². The number of halogens is 1. The van der Waals surface area contributed by atoms with Crippen LogP contribution < -0.4 is 0 Å². The van der Waals surface area contributed by atoms with E-state index in [0.29, 0.717) is 0 Å². The third kappa shape index (κ3) is 2.66. The Morgan fingerprint density at radius 2 is 1.71 bits per heavy atom. The van der Waals surface area contributed by atoms with Gasteiger partial charge in [-0.15, -0.1) is 11.3 Å². The van der Waals surface area contributed by atoms with Gasteiger partial charge in [0.25, 0.3) is 0 Å². The number of fused-ring (bicyclic) bond motifs is 11. The van der Waals surface area contributed by atoms with Gasteiger partial charge in [0.15, 0.2) is 0 Å². The van der Waals surface area contributed by atoms with Gasteiger partial charge in [-0.25, -0.2) is 4.39 Å². The van der Waals surface area contributed by atoms with Crippen molar-refractivity contribution in [3.05, 3.63) is 114 Å². The zero-order valence-corrected chi connectivity index (χ0v) is 19.4. The van der Waals surface area contributed by atoms with Crippen molar-refractivity contribution < 1.29 is 4.39 Å². The van der Waals surface area contributed by atoms with Crippen LogP contribution in [-0.2, 0) is 0 Å². The molecule has 2 atom stereocenters. The van der Waals surface area contributed by atoms with Gasteiger partial charge >= 0.3 is 0 Å². The second-order valence-corrected chi connectivity index (χ2v) is 10.4. The lowest BCUT2D eigenvalue weighted by molar-refractivity contribution is 0.629. The number of hydrogen-bond acceptors (Lipinski definition) is 2. The number of thiophene rings is 1. The van der Waals surface area contributed by atoms with E-state index < -0.39 is 0 Å². The first-order valence-corrected chi connectivity index (χ1v) is 12.6. The summed E-state index contributed by atoms with van der Waals surface area (Å²) < 4.78 is 15.5. The second-order valence-electron chi connectivity index (χ2n) is 9.38. The van der Waals surface area contributed by atoms with E-state index in [2.05, 4.69) is 76.7 Å². The number of H-pyrrole nitrogens is 1. The van der Waals surface area contributed by atoms with Crippen LogP contribution in [0.4, 0.5) is 4.39 Å². The van der Waals surface area contributed by atoms with Crippen LogP contribution in [0.15, 0.2) is 97.4 Å². The summed E-state index contributed by atoms with van der Waals surface area (Å²) in [4.78, 5) is 9.21. The topological polar surface area (TPSA) is 28.7 Å².